The summed E-state index contributed by atoms with van der Waals surface area (Å²) in [6.07, 6.45) is 0.808. The first kappa shape index (κ1) is 15.7. The summed E-state index contributed by atoms with van der Waals surface area (Å²) < 4.78 is 40.7. The molecule has 0 amide bonds. The van der Waals surface area contributed by atoms with Crippen molar-refractivity contribution in [1.29, 1.82) is 0 Å². The summed E-state index contributed by atoms with van der Waals surface area (Å²) in [6.45, 7) is 6.49. The minimum absolute atomic E-state index is 0.0332. The lowest BCUT2D eigenvalue weighted by atomic mass is 9.93. The minimum Gasteiger partial charge on any atom is -0.207 e. The van der Waals surface area contributed by atoms with Gasteiger partial charge in [-0.15, -0.1) is 11.6 Å². The fraction of sp³-hybridized carbons (Fsp3) is 0.571. The number of halogens is 2. The molecule has 0 spiro atoms. The second-order valence-corrected chi connectivity index (χ2v) is 8.26. The van der Waals surface area contributed by atoms with Crippen molar-refractivity contribution >= 4 is 21.6 Å². The number of alkyl halides is 1. The highest BCUT2D eigenvalue weighted by molar-refractivity contribution is 7.89. The molecule has 1 aromatic rings. The van der Waals surface area contributed by atoms with Crippen molar-refractivity contribution in [2.45, 2.75) is 38.0 Å². The largest absolute Gasteiger partial charge is 0.243 e. The van der Waals surface area contributed by atoms with Gasteiger partial charge in [-0.1, -0.05) is 13.8 Å². The van der Waals surface area contributed by atoms with Crippen LogP contribution in [0.25, 0.3) is 0 Å². The van der Waals surface area contributed by atoms with E-state index in [1.165, 1.54) is 23.4 Å². The van der Waals surface area contributed by atoms with Gasteiger partial charge >= 0.3 is 0 Å². The molecule has 2 rings (SSSR count). The second-order valence-electron chi connectivity index (χ2n) is 6.09. The van der Waals surface area contributed by atoms with Crippen LogP contribution in [0.2, 0.25) is 0 Å². The summed E-state index contributed by atoms with van der Waals surface area (Å²) in [7, 11) is -3.66. The molecule has 1 fully saturated rings. The second kappa shape index (κ2) is 5.28. The lowest BCUT2D eigenvalue weighted by Gasteiger charge is -2.21. The van der Waals surface area contributed by atoms with Gasteiger partial charge in [-0.2, -0.15) is 4.31 Å². The molecule has 20 heavy (non-hydrogen) atoms. The SMILES string of the molecule is Cc1c(F)cc(CCl)cc1S(=O)(=O)N1CCC(C)(C)C1. The summed E-state index contributed by atoms with van der Waals surface area (Å²) in [4.78, 5) is 0.0332. The van der Waals surface area contributed by atoms with Crippen molar-refractivity contribution in [1.82, 2.24) is 4.31 Å². The molecule has 0 bridgehead atoms. The van der Waals surface area contributed by atoms with Crippen molar-refractivity contribution < 1.29 is 12.8 Å². The molecule has 112 valence electrons. The molecule has 1 saturated heterocycles. The van der Waals surface area contributed by atoms with Crippen molar-refractivity contribution in [2.75, 3.05) is 13.1 Å². The Morgan fingerprint density at radius 3 is 2.55 bits per heavy atom. The summed E-state index contributed by atoms with van der Waals surface area (Å²) in [6, 6.07) is 2.77. The molecule has 1 aliphatic rings. The van der Waals surface area contributed by atoms with Gasteiger partial charge in [0.15, 0.2) is 0 Å². The lowest BCUT2D eigenvalue weighted by Crippen LogP contribution is -2.31. The van der Waals surface area contributed by atoms with E-state index in [0.29, 0.717) is 18.7 Å². The third-order valence-corrected chi connectivity index (χ3v) is 6.05. The van der Waals surface area contributed by atoms with Gasteiger partial charge in [-0.05, 0) is 36.5 Å². The molecule has 1 aromatic carbocycles. The van der Waals surface area contributed by atoms with Crippen LogP contribution in [0.5, 0.6) is 0 Å². The number of sulfonamides is 1. The molecular weight excluding hydrogens is 301 g/mol. The summed E-state index contributed by atoms with van der Waals surface area (Å²) in [5.74, 6) is -0.439. The summed E-state index contributed by atoms with van der Waals surface area (Å²) in [5.41, 5.74) is 0.597. The van der Waals surface area contributed by atoms with Crippen LogP contribution in [-0.4, -0.2) is 25.8 Å². The normalized spacial score (nSPS) is 19.4. The Morgan fingerprint density at radius 2 is 2.05 bits per heavy atom. The van der Waals surface area contributed by atoms with E-state index in [4.69, 9.17) is 11.6 Å². The summed E-state index contributed by atoms with van der Waals surface area (Å²) >= 11 is 5.70. The van der Waals surface area contributed by atoms with Gasteiger partial charge in [0.05, 0.1) is 4.90 Å². The topological polar surface area (TPSA) is 37.4 Å². The smallest absolute Gasteiger partial charge is 0.207 e. The monoisotopic (exact) mass is 319 g/mol. The van der Waals surface area contributed by atoms with E-state index in [-0.39, 0.29) is 21.8 Å². The molecule has 0 radical (unpaired) electrons. The van der Waals surface area contributed by atoms with Crippen LogP contribution in [-0.2, 0) is 15.9 Å². The molecule has 1 heterocycles. The molecular formula is C14H19ClFNO2S. The quantitative estimate of drug-likeness (QED) is 0.802. The van der Waals surface area contributed by atoms with Crippen LogP contribution in [0, 0.1) is 18.2 Å². The summed E-state index contributed by atoms with van der Waals surface area (Å²) in [5, 5.41) is 0. The molecule has 0 aromatic heterocycles. The third-order valence-electron chi connectivity index (χ3n) is 3.77. The van der Waals surface area contributed by atoms with Gasteiger partial charge in [0, 0.05) is 24.5 Å². The van der Waals surface area contributed by atoms with Crippen molar-refractivity contribution in [3.05, 3.63) is 29.1 Å². The predicted octanol–water partition coefficient (Wildman–Crippen LogP) is 3.29. The average molecular weight is 320 g/mol. The van der Waals surface area contributed by atoms with Gasteiger partial charge in [0.1, 0.15) is 5.82 Å². The Labute approximate surface area is 124 Å². The molecule has 0 N–H and O–H groups in total. The van der Waals surface area contributed by atoms with Gasteiger partial charge in [-0.25, -0.2) is 12.8 Å². The number of nitrogens with zero attached hydrogens (tertiary/aromatic N) is 1. The van der Waals surface area contributed by atoms with Gasteiger partial charge in [0.2, 0.25) is 10.0 Å². The molecule has 3 nitrogen and oxygen atoms in total. The van der Waals surface area contributed by atoms with Crippen molar-refractivity contribution in [2.24, 2.45) is 5.41 Å². The zero-order valence-corrected chi connectivity index (χ0v) is 13.5. The van der Waals surface area contributed by atoms with E-state index < -0.39 is 15.8 Å². The first-order valence-corrected chi connectivity index (χ1v) is 8.50. The molecule has 0 unspecified atom stereocenters. The number of hydrogen-bond donors (Lipinski definition) is 0. The Hall–Kier alpha value is -0.650. The highest BCUT2D eigenvalue weighted by Gasteiger charge is 2.37. The van der Waals surface area contributed by atoms with Gasteiger partial charge < -0.3 is 0 Å². The van der Waals surface area contributed by atoms with Crippen LogP contribution in [0.3, 0.4) is 0 Å². The fourth-order valence-corrected chi connectivity index (χ4v) is 4.53. The van der Waals surface area contributed by atoms with E-state index in [9.17, 15) is 12.8 Å². The highest BCUT2D eigenvalue weighted by Crippen LogP contribution is 2.34. The first-order chi connectivity index (χ1) is 9.17. The minimum atomic E-state index is -3.66. The van der Waals surface area contributed by atoms with Crippen LogP contribution in [0.15, 0.2) is 17.0 Å². The molecule has 0 saturated carbocycles. The Kier molecular flexibility index (Phi) is 4.15. The van der Waals surface area contributed by atoms with E-state index in [0.717, 1.165) is 6.42 Å². The maximum atomic E-state index is 13.9. The standard InChI is InChI=1S/C14H19ClFNO2S/c1-10-12(16)6-11(8-15)7-13(10)20(18,19)17-5-4-14(2,3)9-17/h6-7H,4-5,8-9H2,1-3H3. The Bertz CT molecular complexity index is 628. The lowest BCUT2D eigenvalue weighted by molar-refractivity contribution is 0.375. The zero-order chi connectivity index (χ0) is 15.1. The van der Waals surface area contributed by atoms with E-state index in [1.54, 1.807) is 0 Å². The Morgan fingerprint density at radius 1 is 1.40 bits per heavy atom. The van der Waals surface area contributed by atoms with Gasteiger partial charge in [0.25, 0.3) is 0 Å². The third kappa shape index (κ3) is 2.85. The fourth-order valence-electron chi connectivity index (χ4n) is 2.46. The average Bonchev–Trinajstić information content (AvgIpc) is 2.73. The van der Waals surface area contributed by atoms with Gasteiger partial charge in [-0.3, -0.25) is 0 Å². The number of rotatable bonds is 3. The van der Waals surface area contributed by atoms with E-state index in [2.05, 4.69) is 0 Å². The van der Waals surface area contributed by atoms with Crippen molar-refractivity contribution in [3.63, 3.8) is 0 Å². The zero-order valence-electron chi connectivity index (χ0n) is 11.9. The molecule has 0 aliphatic carbocycles. The molecule has 6 heteroatoms. The highest BCUT2D eigenvalue weighted by atomic mass is 35.5. The van der Waals surface area contributed by atoms with E-state index in [1.807, 2.05) is 13.8 Å². The van der Waals surface area contributed by atoms with Crippen LogP contribution in [0.1, 0.15) is 31.4 Å². The maximum Gasteiger partial charge on any atom is 0.243 e. The van der Waals surface area contributed by atoms with Crippen LogP contribution < -0.4 is 0 Å². The predicted molar refractivity (Wildman–Crippen MR) is 77.9 cm³/mol. The number of hydrogen-bond acceptors (Lipinski definition) is 2. The van der Waals surface area contributed by atoms with E-state index >= 15 is 0 Å². The maximum absolute atomic E-state index is 13.9. The Balaban J connectivity index is 2.47. The molecule has 0 atom stereocenters. The van der Waals surface area contributed by atoms with Crippen LogP contribution in [0.4, 0.5) is 4.39 Å². The van der Waals surface area contributed by atoms with Crippen LogP contribution >= 0.6 is 11.6 Å². The van der Waals surface area contributed by atoms with Crippen molar-refractivity contribution in [3.8, 4) is 0 Å². The number of benzene rings is 1. The molecule has 1 aliphatic heterocycles. The first-order valence-electron chi connectivity index (χ1n) is 6.52.